The van der Waals surface area contributed by atoms with E-state index in [-0.39, 0.29) is 11.7 Å². The Labute approximate surface area is 159 Å². The number of carbonyl (C=O) groups is 3. The summed E-state index contributed by atoms with van der Waals surface area (Å²) in [5, 5.41) is 2.62. The minimum Gasteiger partial charge on any atom is -0.459 e. The molecule has 0 bridgehead atoms. The zero-order valence-corrected chi connectivity index (χ0v) is 15.8. The zero-order valence-electron chi connectivity index (χ0n) is 14.2. The number of hydrogen-bond acceptors (Lipinski definition) is 4. The number of carbonyl (C=O) groups excluding carboxylic acids is 3. The molecule has 0 aliphatic carbocycles. The fourth-order valence-corrected chi connectivity index (χ4v) is 2.97. The number of nitrogens with zero attached hydrogens (tertiary/aromatic N) is 2. The first-order valence-corrected chi connectivity index (χ1v) is 8.94. The van der Waals surface area contributed by atoms with Crippen LogP contribution in [0.1, 0.15) is 16.1 Å². The summed E-state index contributed by atoms with van der Waals surface area (Å²) in [5.74, 6) is -1.22. The zero-order chi connectivity index (χ0) is 18.7. The second-order valence-corrected chi connectivity index (χ2v) is 6.83. The molecular weight excluding hydrogens is 402 g/mol. The van der Waals surface area contributed by atoms with E-state index in [0.29, 0.717) is 31.9 Å². The van der Waals surface area contributed by atoms with Crippen LogP contribution in [0, 0.1) is 6.92 Å². The SMILES string of the molecule is Cc1cc(NC(=O)C(=O)N2CCN(C(=O)c3ccco3)CC2)ccc1Br. The summed E-state index contributed by atoms with van der Waals surface area (Å²) in [7, 11) is 0. The highest BCUT2D eigenvalue weighted by Crippen LogP contribution is 2.20. The van der Waals surface area contributed by atoms with Crippen LogP contribution < -0.4 is 5.32 Å². The molecule has 0 atom stereocenters. The smallest absolute Gasteiger partial charge is 0.313 e. The van der Waals surface area contributed by atoms with Gasteiger partial charge in [0.25, 0.3) is 5.91 Å². The summed E-state index contributed by atoms with van der Waals surface area (Å²) in [5.41, 5.74) is 1.52. The minimum atomic E-state index is -0.683. The van der Waals surface area contributed by atoms with E-state index >= 15 is 0 Å². The molecule has 2 aromatic rings. The Morgan fingerprint density at radius 1 is 1.08 bits per heavy atom. The number of furan rings is 1. The van der Waals surface area contributed by atoms with Gasteiger partial charge in [-0.3, -0.25) is 14.4 Å². The van der Waals surface area contributed by atoms with E-state index in [1.165, 1.54) is 11.2 Å². The molecule has 1 fully saturated rings. The summed E-state index contributed by atoms with van der Waals surface area (Å²) in [6.45, 7) is 3.22. The lowest BCUT2D eigenvalue weighted by molar-refractivity contribution is -0.144. The molecule has 0 radical (unpaired) electrons. The van der Waals surface area contributed by atoms with Gasteiger partial charge in [0.15, 0.2) is 5.76 Å². The van der Waals surface area contributed by atoms with Crippen molar-refractivity contribution in [2.24, 2.45) is 0 Å². The molecule has 3 amide bonds. The van der Waals surface area contributed by atoms with Gasteiger partial charge < -0.3 is 19.5 Å². The number of piperazine rings is 1. The van der Waals surface area contributed by atoms with Crippen LogP contribution in [0.3, 0.4) is 0 Å². The predicted octanol–water partition coefficient (Wildman–Crippen LogP) is 2.27. The predicted molar refractivity (Wildman–Crippen MR) is 98.7 cm³/mol. The molecule has 1 aliphatic rings. The van der Waals surface area contributed by atoms with Gasteiger partial charge in [-0.25, -0.2) is 0 Å². The number of amides is 3. The third-order valence-electron chi connectivity index (χ3n) is 4.20. The molecule has 0 saturated carbocycles. The van der Waals surface area contributed by atoms with E-state index < -0.39 is 11.8 Å². The molecule has 1 aromatic heterocycles. The molecule has 3 rings (SSSR count). The Kier molecular flexibility index (Phi) is 5.41. The fraction of sp³-hybridized carbons (Fsp3) is 0.278. The number of halogens is 1. The molecule has 1 saturated heterocycles. The average Bonchev–Trinajstić information content (AvgIpc) is 3.18. The minimum absolute atomic E-state index is 0.211. The lowest BCUT2D eigenvalue weighted by atomic mass is 10.2. The van der Waals surface area contributed by atoms with Gasteiger partial charge in [0, 0.05) is 36.3 Å². The average molecular weight is 420 g/mol. The summed E-state index contributed by atoms with van der Waals surface area (Å²) in [6, 6.07) is 8.58. The van der Waals surface area contributed by atoms with Crippen LogP contribution in [0.15, 0.2) is 45.5 Å². The molecule has 7 nitrogen and oxygen atoms in total. The Morgan fingerprint density at radius 2 is 1.77 bits per heavy atom. The van der Waals surface area contributed by atoms with Crippen LogP contribution in [-0.4, -0.2) is 53.7 Å². The van der Waals surface area contributed by atoms with Crippen molar-refractivity contribution in [2.75, 3.05) is 31.5 Å². The number of benzene rings is 1. The number of aryl methyl sites for hydroxylation is 1. The molecule has 1 aromatic carbocycles. The second-order valence-electron chi connectivity index (χ2n) is 5.98. The lowest BCUT2D eigenvalue weighted by Crippen LogP contribution is -2.52. The van der Waals surface area contributed by atoms with Crippen molar-refractivity contribution < 1.29 is 18.8 Å². The second kappa shape index (κ2) is 7.74. The highest BCUT2D eigenvalue weighted by Gasteiger charge is 2.29. The van der Waals surface area contributed by atoms with Crippen molar-refractivity contribution >= 4 is 39.3 Å². The van der Waals surface area contributed by atoms with Gasteiger partial charge in [-0.2, -0.15) is 0 Å². The molecule has 0 unspecified atom stereocenters. The summed E-state index contributed by atoms with van der Waals surface area (Å²) >= 11 is 3.39. The molecular formula is C18H18BrN3O4. The first kappa shape index (κ1) is 18.2. The highest BCUT2D eigenvalue weighted by atomic mass is 79.9. The maximum Gasteiger partial charge on any atom is 0.313 e. The first-order valence-electron chi connectivity index (χ1n) is 8.15. The Hall–Kier alpha value is -2.61. The van der Waals surface area contributed by atoms with Gasteiger partial charge in [0.05, 0.1) is 6.26 Å². The fourth-order valence-electron chi connectivity index (χ4n) is 2.72. The normalized spacial score (nSPS) is 14.2. The van der Waals surface area contributed by atoms with Crippen molar-refractivity contribution in [1.82, 2.24) is 9.80 Å². The molecule has 8 heteroatoms. The largest absolute Gasteiger partial charge is 0.459 e. The summed E-state index contributed by atoms with van der Waals surface area (Å²) in [6.07, 6.45) is 1.45. The molecule has 1 aliphatic heterocycles. The number of anilines is 1. The standard InChI is InChI=1S/C18H18BrN3O4/c1-12-11-13(4-5-14(12)19)20-16(23)18(25)22-8-6-21(7-9-22)17(24)15-3-2-10-26-15/h2-5,10-11H,6-9H2,1H3,(H,20,23). The summed E-state index contributed by atoms with van der Waals surface area (Å²) in [4.78, 5) is 39.8. The molecule has 1 N–H and O–H groups in total. The molecule has 0 spiro atoms. The van der Waals surface area contributed by atoms with Gasteiger partial charge in [-0.1, -0.05) is 15.9 Å². The van der Waals surface area contributed by atoms with Crippen molar-refractivity contribution in [3.63, 3.8) is 0 Å². The maximum absolute atomic E-state index is 12.3. The third-order valence-corrected chi connectivity index (χ3v) is 5.09. The van der Waals surface area contributed by atoms with E-state index in [0.717, 1.165) is 10.0 Å². The van der Waals surface area contributed by atoms with E-state index in [9.17, 15) is 14.4 Å². The van der Waals surface area contributed by atoms with Gasteiger partial charge in [-0.05, 0) is 42.8 Å². The van der Waals surface area contributed by atoms with Crippen molar-refractivity contribution in [3.8, 4) is 0 Å². The Bertz CT molecular complexity index is 827. The summed E-state index contributed by atoms with van der Waals surface area (Å²) < 4.78 is 6.04. The van der Waals surface area contributed by atoms with Crippen LogP contribution in [0.4, 0.5) is 5.69 Å². The maximum atomic E-state index is 12.3. The van der Waals surface area contributed by atoms with E-state index in [2.05, 4.69) is 21.2 Å². The lowest BCUT2D eigenvalue weighted by Gasteiger charge is -2.33. The number of rotatable bonds is 2. The van der Waals surface area contributed by atoms with Crippen LogP contribution in [0.5, 0.6) is 0 Å². The molecule has 26 heavy (non-hydrogen) atoms. The quantitative estimate of drug-likeness (QED) is 0.756. The van der Waals surface area contributed by atoms with E-state index in [1.807, 2.05) is 13.0 Å². The van der Waals surface area contributed by atoms with Crippen LogP contribution in [-0.2, 0) is 9.59 Å². The number of hydrogen-bond donors (Lipinski definition) is 1. The Morgan fingerprint density at radius 3 is 2.38 bits per heavy atom. The van der Waals surface area contributed by atoms with Gasteiger partial charge in [0.1, 0.15) is 0 Å². The third kappa shape index (κ3) is 3.96. The van der Waals surface area contributed by atoms with Crippen LogP contribution >= 0.6 is 15.9 Å². The van der Waals surface area contributed by atoms with Gasteiger partial charge in [0.2, 0.25) is 0 Å². The van der Waals surface area contributed by atoms with Crippen LogP contribution in [0.2, 0.25) is 0 Å². The topological polar surface area (TPSA) is 82.9 Å². The van der Waals surface area contributed by atoms with E-state index in [4.69, 9.17) is 4.42 Å². The van der Waals surface area contributed by atoms with Crippen LogP contribution in [0.25, 0.3) is 0 Å². The van der Waals surface area contributed by atoms with Gasteiger partial charge in [-0.15, -0.1) is 0 Å². The van der Waals surface area contributed by atoms with Gasteiger partial charge >= 0.3 is 11.8 Å². The Balaban J connectivity index is 1.55. The monoisotopic (exact) mass is 419 g/mol. The van der Waals surface area contributed by atoms with Crippen molar-refractivity contribution in [2.45, 2.75) is 6.92 Å². The van der Waals surface area contributed by atoms with Crippen molar-refractivity contribution in [1.29, 1.82) is 0 Å². The first-order chi connectivity index (χ1) is 12.5. The number of nitrogens with one attached hydrogen (secondary N) is 1. The van der Waals surface area contributed by atoms with Crippen molar-refractivity contribution in [3.05, 3.63) is 52.4 Å². The highest BCUT2D eigenvalue weighted by molar-refractivity contribution is 9.10. The molecule has 136 valence electrons. The van der Waals surface area contributed by atoms with E-state index in [1.54, 1.807) is 29.2 Å². The molecule has 2 heterocycles.